The third-order valence-electron chi connectivity index (χ3n) is 6.71. The number of carbonyl (C=O) groups is 2. The van der Waals surface area contributed by atoms with E-state index in [1.54, 1.807) is 36.4 Å². The van der Waals surface area contributed by atoms with Crippen molar-refractivity contribution in [1.29, 1.82) is 0 Å². The van der Waals surface area contributed by atoms with Gasteiger partial charge >= 0.3 is 0 Å². The van der Waals surface area contributed by atoms with Crippen molar-refractivity contribution in [2.24, 2.45) is 5.92 Å². The molecule has 40 heavy (non-hydrogen) atoms. The van der Waals surface area contributed by atoms with Crippen LogP contribution in [-0.4, -0.2) is 37.7 Å². The molecule has 1 aliphatic carbocycles. The minimum atomic E-state index is -3.56. The van der Waals surface area contributed by atoms with Gasteiger partial charge in [0.05, 0.1) is 4.90 Å². The fourth-order valence-electron chi connectivity index (χ4n) is 4.34. The van der Waals surface area contributed by atoms with Gasteiger partial charge in [-0.25, -0.2) is 17.5 Å². The maximum Gasteiger partial charge on any atom is 0.247 e. The monoisotopic (exact) mass is 565 g/mol. The summed E-state index contributed by atoms with van der Waals surface area (Å²) in [6, 6.07) is 20.7. The van der Waals surface area contributed by atoms with E-state index in [9.17, 15) is 22.4 Å². The Morgan fingerprint density at radius 2 is 1.55 bits per heavy atom. The second kappa shape index (κ2) is 13.2. The molecule has 0 radical (unpaired) electrons. The zero-order valence-corrected chi connectivity index (χ0v) is 23.7. The van der Waals surface area contributed by atoms with Gasteiger partial charge in [-0.1, -0.05) is 68.4 Å². The Bertz CT molecular complexity index is 1390. The minimum absolute atomic E-state index is 0.0182. The number of nitrogens with one attached hydrogen (secondary N) is 2. The van der Waals surface area contributed by atoms with E-state index in [1.165, 1.54) is 17.0 Å². The van der Waals surface area contributed by atoms with Crippen molar-refractivity contribution in [3.8, 4) is 0 Å². The first kappa shape index (κ1) is 29.4. The van der Waals surface area contributed by atoms with Crippen molar-refractivity contribution in [2.45, 2.75) is 63.1 Å². The van der Waals surface area contributed by atoms with Crippen molar-refractivity contribution < 1.29 is 22.4 Å². The number of nitrogens with zero attached hydrogens (tertiary/aromatic N) is 1. The van der Waals surface area contributed by atoms with Crippen LogP contribution in [0.4, 0.5) is 4.39 Å². The fraction of sp³-hybridized carbons (Fsp3) is 0.355. The molecule has 0 aliphatic heterocycles. The molecule has 1 atom stereocenters. The predicted octanol–water partition coefficient (Wildman–Crippen LogP) is 4.74. The van der Waals surface area contributed by atoms with Gasteiger partial charge in [0, 0.05) is 25.6 Å². The lowest BCUT2D eigenvalue weighted by Gasteiger charge is -2.32. The summed E-state index contributed by atoms with van der Waals surface area (Å²) in [6.45, 7) is 4.58. The largest absolute Gasteiger partial charge is 0.354 e. The molecule has 1 saturated carbocycles. The molecule has 0 heterocycles. The van der Waals surface area contributed by atoms with E-state index in [4.69, 9.17) is 0 Å². The Kier molecular flexibility index (Phi) is 9.71. The number of hydrogen-bond donors (Lipinski definition) is 2. The lowest BCUT2D eigenvalue weighted by molar-refractivity contribution is -0.141. The van der Waals surface area contributed by atoms with Gasteiger partial charge in [0.1, 0.15) is 11.9 Å². The summed E-state index contributed by atoms with van der Waals surface area (Å²) < 4.78 is 41.2. The van der Waals surface area contributed by atoms with Gasteiger partial charge in [-0.05, 0) is 66.1 Å². The highest BCUT2D eigenvalue weighted by atomic mass is 32.2. The quantitative estimate of drug-likeness (QED) is 0.313. The molecule has 2 N–H and O–H groups in total. The fourth-order valence-corrected chi connectivity index (χ4v) is 5.64. The lowest BCUT2D eigenvalue weighted by atomic mass is 10.0. The van der Waals surface area contributed by atoms with Gasteiger partial charge < -0.3 is 10.2 Å². The van der Waals surface area contributed by atoms with Gasteiger partial charge in [0.15, 0.2) is 0 Å². The van der Waals surface area contributed by atoms with Gasteiger partial charge in [-0.15, -0.1) is 0 Å². The third kappa shape index (κ3) is 8.22. The highest BCUT2D eigenvalue weighted by molar-refractivity contribution is 7.89. The first-order chi connectivity index (χ1) is 19.1. The number of rotatable bonds is 13. The number of carbonyl (C=O) groups excluding carboxylic acids is 2. The second-order valence-electron chi connectivity index (χ2n) is 10.6. The summed E-state index contributed by atoms with van der Waals surface area (Å²) in [5.74, 6) is -0.681. The number of halogens is 1. The molecular formula is C31H36FN3O4S. The first-order valence-electron chi connectivity index (χ1n) is 13.6. The van der Waals surface area contributed by atoms with E-state index < -0.39 is 16.1 Å². The molecule has 0 aromatic heterocycles. The van der Waals surface area contributed by atoms with Gasteiger partial charge in [-0.3, -0.25) is 9.59 Å². The summed E-state index contributed by atoms with van der Waals surface area (Å²) in [5.41, 5.74) is 2.18. The smallest absolute Gasteiger partial charge is 0.247 e. The highest BCUT2D eigenvalue weighted by Gasteiger charge is 2.31. The number of benzene rings is 3. The van der Waals surface area contributed by atoms with E-state index >= 15 is 0 Å². The SMILES string of the molecule is CC(C)CNC(=O)[C@@H](c1ccccc1)N(Cc1ccc(F)cc1)C(=O)CCc1ccc(S(=O)(=O)NC2CC2)cc1. The molecule has 0 unspecified atom stereocenters. The third-order valence-corrected chi connectivity index (χ3v) is 8.24. The van der Waals surface area contributed by atoms with Crippen LogP contribution in [0, 0.1) is 11.7 Å². The number of sulfonamides is 1. The van der Waals surface area contributed by atoms with Gasteiger partial charge in [0.25, 0.3) is 0 Å². The molecule has 1 aliphatic rings. The maximum atomic E-state index is 13.8. The van der Waals surface area contributed by atoms with E-state index in [0.717, 1.165) is 18.4 Å². The number of amides is 2. The van der Waals surface area contributed by atoms with Crippen molar-refractivity contribution in [1.82, 2.24) is 14.9 Å². The molecule has 9 heteroatoms. The van der Waals surface area contributed by atoms with E-state index in [0.29, 0.717) is 24.1 Å². The summed E-state index contributed by atoms with van der Waals surface area (Å²) in [6.07, 6.45) is 2.18. The number of hydrogen-bond acceptors (Lipinski definition) is 4. The molecule has 3 aromatic rings. The van der Waals surface area contributed by atoms with Crippen LogP contribution in [0.5, 0.6) is 0 Å². The number of aryl methyl sites for hydroxylation is 1. The van der Waals surface area contributed by atoms with Crippen molar-refractivity contribution in [3.63, 3.8) is 0 Å². The maximum absolute atomic E-state index is 13.8. The van der Waals surface area contributed by atoms with Crippen LogP contribution in [0.15, 0.2) is 83.8 Å². The molecule has 2 amide bonds. The van der Waals surface area contributed by atoms with Gasteiger partial charge in [-0.2, -0.15) is 0 Å². The Hall–Kier alpha value is -3.56. The van der Waals surface area contributed by atoms with Gasteiger partial charge in [0.2, 0.25) is 21.8 Å². The molecule has 7 nitrogen and oxygen atoms in total. The summed E-state index contributed by atoms with van der Waals surface area (Å²) in [7, 11) is -3.56. The Balaban J connectivity index is 1.55. The van der Waals surface area contributed by atoms with Crippen LogP contribution < -0.4 is 10.0 Å². The normalized spacial score (nSPS) is 14.1. The van der Waals surface area contributed by atoms with Crippen molar-refractivity contribution >= 4 is 21.8 Å². The molecule has 4 rings (SSSR count). The average Bonchev–Trinajstić information content (AvgIpc) is 3.75. The first-order valence-corrected chi connectivity index (χ1v) is 15.1. The zero-order valence-electron chi connectivity index (χ0n) is 22.8. The van der Waals surface area contributed by atoms with Crippen molar-refractivity contribution in [3.05, 3.63) is 101 Å². The summed E-state index contributed by atoms with van der Waals surface area (Å²) >= 11 is 0. The molecule has 212 valence electrons. The summed E-state index contributed by atoms with van der Waals surface area (Å²) in [4.78, 5) is 29.0. The van der Waals surface area contributed by atoms with Crippen molar-refractivity contribution in [2.75, 3.05) is 6.54 Å². The van der Waals surface area contributed by atoms with Crippen LogP contribution >= 0.6 is 0 Å². The molecular weight excluding hydrogens is 529 g/mol. The minimum Gasteiger partial charge on any atom is -0.354 e. The lowest BCUT2D eigenvalue weighted by Crippen LogP contribution is -2.44. The molecule has 0 spiro atoms. The van der Waals surface area contributed by atoms with Crippen LogP contribution in [-0.2, 0) is 32.6 Å². The van der Waals surface area contributed by atoms with Crippen LogP contribution in [0.2, 0.25) is 0 Å². The molecule has 3 aromatic carbocycles. The van der Waals surface area contributed by atoms with E-state index in [1.807, 2.05) is 44.2 Å². The van der Waals surface area contributed by atoms with Crippen LogP contribution in [0.25, 0.3) is 0 Å². The van der Waals surface area contributed by atoms with Crippen LogP contribution in [0.3, 0.4) is 0 Å². The molecule has 0 saturated heterocycles. The second-order valence-corrected chi connectivity index (χ2v) is 12.4. The topological polar surface area (TPSA) is 95.6 Å². The predicted molar refractivity (Wildman–Crippen MR) is 152 cm³/mol. The summed E-state index contributed by atoms with van der Waals surface area (Å²) in [5, 5.41) is 2.97. The molecule has 1 fully saturated rings. The zero-order chi connectivity index (χ0) is 28.7. The Labute approximate surface area is 235 Å². The highest BCUT2D eigenvalue weighted by Crippen LogP contribution is 2.26. The Morgan fingerprint density at radius 1 is 0.925 bits per heavy atom. The Morgan fingerprint density at radius 3 is 2.15 bits per heavy atom. The molecule has 0 bridgehead atoms. The van der Waals surface area contributed by atoms with E-state index in [-0.39, 0.29) is 47.5 Å². The van der Waals surface area contributed by atoms with Crippen LogP contribution in [0.1, 0.15) is 55.8 Å². The van der Waals surface area contributed by atoms with E-state index in [2.05, 4.69) is 10.0 Å². The average molecular weight is 566 g/mol. The standard InChI is InChI=1S/C31H36FN3O4S/c1-22(2)20-33-31(37)30(25-6-4-3-5-7-25)35(21-24-8-13-26(32)14-9-24)29(36)19-12-23-10-17-28(18-11-23)40(38,39)34-27-15-16-27/h3-11,13-14,17-18,22,27,30,34H,12,15-16,19-21H2,1-2H3,(H,33,37)/t30-/m1/s1.